The molecule has 0 fully saturated rings. The fourth-order valence-corrected chi connectivity index (χ4v) is 2.21. The van der Waals surface area contributed by atoms with E-state index in [2.05, 4.69) is 9.97 Å². The summed E-state index contributed by atoms with van der Waals surface area (Å²) < 4.78 is 5.52. The van der Waals surface area contributed by atoms with Crippen LogP contribution in [0.1, 0.15) is 31.2 Å². The van der Waals surface area contributed by atoms with Crippen molar-refractivity contribution in [1.82, 2.24) is 9.97 Å². The number of aryl methyl sites for hydroxylation is 1. The molecule has 5 heteroatoms. The molecule has 0 bridgehead atoms. The molecule has 0 saturated carbocycles. The van der Waals surface area contributed by atoms with E-state index >= 15 is 0 Å². The van der Waals surface area contributed by atoms with Crippen LogP contribution in [0.3, 0.4) is 0 Å². The Kier molecular flexibility index (Phi) is 4.20. The number of H-pyrrole nitrogens is 2. The van der Waals surface area contributed by atoms with E-state index in [1.165, 1.54) is 0 Å². The Balaban J connectivity index is 2.41. The van der Waals surface area contributed by atoms with Gasteiger partial charge in [0.2, 0.25) is 0 Å². The maximum atomic E-state index is 11.9. The molecule has 0 radical (unpaired) electrons. The predicted molar refractivity (Wildman–Crippen MR) is 77.9 cm³/mol. The quantitative estimate of drug-likeness (QED) is 0.897. The molecule has 0 aliphatic rings. The van der Waals surface area contributed by atoms with E-state index in [0.29, 0.717) is 17.9 Å². The maximum Gasteiger partial charge on any atom is 0.325 e. The van der Waals surface area contributed by atoms with Gasteiger partial charge in [-0.05, 0) is 31.9 Å². The van der Waals surface area contributed by atoms with Crippen LogP contribution >= 0.6 is 0 Å². The minimum Gasteiger partial charge on any atom is -0.374 e. The average Bonchev–Trinajstić information content (AvgIpc) is 2.38. The van der Waals surface area contributed by atoms with Crippen molar-refractivity contribution in [2.45, 2.75) is 26.9 Å². The third-order valence-electron chi connectivity index (χ3n) is 3.22. The number of ether oxygens (including phenoxy) is 1. The van der Waals surface area contributed by atoms with Crippen LogP contribution in [0.15, 0.2) is 33.9 Å². The molecule has 0 saturated heterocycles. The van der Waals surface area contributed by atoms with Crippen molar-refractivity contribution >= 4 is 0 Å². The maximum absolute atomic E-state index is 11.9. The molecular formula is C15H18N2O3. The van der Waals surface area contributed by atoms with Crippen molar-refractivity contribution < 1.29 is 4.74 Å². The van der Waals surface area contributed by atoms with Crippen molar-refractivity contribution in [2.24, 2.45) is 0 Å². The number of benzene rings is 1. The molecule has 0 spiro atoms. The Hall–Kier alpha value is -2.14. The molecule has 1 aromatic heterocycles. The van der Waals surface area contributed by atoms with E-state index in [9.17, 15) is 9.59 Å². The minimum absolute atomic E-state index is 0.0176. The first-order chi connectivity index (χ1) is 9.52. The van der Waals surface area contributed by atoms with Gasteiger partial charge >= 0.3 is 5.69 Å². The van der Waals surface area contributed by atoms with Crippen LogP contribution in [0.25, 0.3) is 11.1 Å². The van der Waals surface area contributed by atoms with Crippen molar-refractivity contribution in [2.75, 3.05) is 6.61 Å². The van der Waals surface area contributed by atoms with Gasteiger partial charge in [-0.25, -0.2) is 4.79 Å². The first kappa shape index (κ1) is 14.3. The van der Waals surface area contributed by atoms with Gasteiger partial charge in [-0.1, -0.05) is 24.3 Å². The number of rotatable bonds is 4. The van der Waals surface area contributed by atoms with Gasteiger partial charge in [-0.2, -0.15) is 0 Å². The van der Waals surface area contributed by atoms with Crippen LogP contribution in [0.4, 0.5) is 0 Å². The number of nitrogens with one attached hydrogen (secondary N) is 2. The predicted octanol–water partition coefficient (Wildman–Crippen LogP) is 2.14. The van der Waals surface area contributed by atoms with Crippen molar-refractivity contribution in [1.29, 1.82) is 0 Å². The van der Waals surface area contributed by atoms with Gasteiger partial charge in [-0.15, -0.1) is 0 Å². The molecule has 0 amide bonds. The summed E-state index contributed by atoms with van der Waals surface area (Å²) in [6, 6.07) is 7.58. The first-order valence-corrected chi connectivity index (χ1v) is 6.58. The zero-order valence-electron chi connectivity index (χ0n) is 11.8. The Morgan fingerprint density at radius 2 is 1.80 bits per heavy atom. The Morgan fingerprint density at radius 1 is 1.15 bits per heavy atom. The lowest BCUT2D eigenvalue weighted by molar-refractivity contribution is 0.0764. The molecule has 2 N–H and O–H groups in total. The molecule has 0 unspecified atom stereocenters. The normalized spacial score (nSPS) is 12.3. The van der Waals surface area contributed by atoms with Gasteiger partial charge < -0.3 is 9.72 Å². The van der Waals surface area contributed by atoms with Crippen molar-refractivity contribution in [3.8, 4) is 11.1 Å². The third-order valence-corrected chi connectivity index (χ3v) is 3.22. The molecule has 106 valence electrons. The molecule has 1 aromatic carbocycles. The van der Waals surface area contributed by atoms with Gasteiger partial charge in [0.05, 0.1) is 11.7 Å². The van der Waals surface area contributed by atoms with E-state index in [-0.39, 0.29) is 11.7 Å². The Labute approximate surface area is 116 Å². The lowest BCUT2D eigenvalue weighted by Crippen LogP contribution is -2.24. The second-order valence-corrected chi connectivity index (χ2v) is 4.63. The molecule has 5 nitrogen and oxygen atoms in total. The van der Waals surface area contributed by atoms with Crippen LogP contribution in [0.2, 0.25) is 0 Å². The number of aromatic nitrogens is 2. The van der Waals surface area contributed by atoms with Crippen LogP contribution in [0.5, 0.6) is 0 Å². The molecular weight excluding hydrogens is 256 g/mol. The topological polar surface area (TPSA) is 75.0 Å². The SMILES string of the molecule is CCO[C@H](C)c1ccc(-c2c(C)[nH]c(=O)[nH]c2=O)cc1. The Bertz CT molecular complexity index is 698. The van der Waals surface area contributed by atoms with Gasteiger partial charge in [0.1, 0.15) is 0 Å². The van der Waals surface area contributed by atoms with Crippen molar-refractivity contribution in [3.05, 3.63) is 56.4 Å². The van der Waals surface area contributed by atoms with E-state index in [0.717, 1.165) is 11.1 Å². The van der Waals surface area contributed by atoms with Crippen LogP contribution < -0.4 is 11.2 Å². The summed E-state index contributed by atoms with van der Waals surface area (Å²) in [7, 11) is 0. The fraction of sp³-hybridized carbons (Fsp3) is 0.333. The van der Waals surface area contributed by atoms with Crippen LogP contribution in [-0.4, -0.2) is 16.6 Å². The van der Waals surface area contributed by atoms with E-state index in [1.807, 2.05) is 38.1 Å². The van der Waals surface area contributed by atoms with Gasteiger partial charge in [0.25, 0.3) is 5.56 Å². The molecule has 2 aromatic rings. The first-order valence-electron chi connectivity index (χ1n) is 6.58. The van der Waals surface area contributed by atoms with E-state index < -0.39 is 5.69 Å². The highest BCUT2D eigenvalue weighted by molar-refractivity contribution is 5.64. The number of hydrogen-bond acceptors (Lipinski definition) is 3. The average molecular weight is 274 g/mol. The zero-order chi connectivity index (χ0) is 14.7. The highest BCUT2D eigenvalue weighted by Crippen LogP contribution is 2.22. The number of hydrogen-bond donors (Lipinski definition) is 2. The lowest BCUT2D eigenvalue weighted by atomic mass is 10.0. The standard InChI is InChI=1S/C15H18N2O3/c1-4-20-10(3)11-5-7-12(8-6-11)13-9(2)16-15(19)17-14(13)18/h5-8,10H,4H2,1-3H3,(H2,16,17,18,19)/t10-/m1/s1. The monoisotopic (exact) mass is 274 g/mol. The fourth-order valence-electron chi connectivity index (χ4n) is 2.21. The van der Waals surface area contributed by atoms with Crippen LogP contribution in [-0.2, 0) is 4.74 Å². The summed E-state index contributed by atoms with van der Waals surface area (Å²) in [6.45, 7) is 6.30. The zero-order valence-corrected chi connectivity index (χ0v) is 11.8. The summed E-state index contributed by atoms with van der Waals surface area (Å²) in [5.41, 5.74) is 2.00. The highest BCUT2D eigenvalue weighted by Gasteiger charge is 2.10. The summed E-state index contributed by atoms with van der Waals surface area (Å²) >= 11 is 0. The van der Waals surface area contributed by atoms with Gasteiger partial charge in [0.15, 0.2) is 0 Å². The minimum atomic E-state index is -0.488. The third kappa shape index (κ3) is 2.88. The molecule has 0 aliphatic carbocycles. The van der Waals surface area contributed by atoms with E-state index in [4.69, 9.17) is 4.74 Å². The second-order valence-electron chi connectivity index (χ2n) is 4.63. The number of aromatic amines is 2. The molecule has 1 atom stereocenters. The summed E-state index contributed by atoms with van der Waals surface area (Å²) in [6.07, 6.45) is 0.0176. The summed E-state index contributed by atoms with van der Waals surface area (Å²) in [4.78, 5) is 27.9. The summed E-state index contributed by atoms with van der Waals surface area (Å²) in [5, 5.41) is 0. The second kappa shape index (κ2) is 5.88. The largest absolute Gasteiger partial charge is 0.374 e. The van der Waals surface area contributed by atoms with Crippen LogP contribution in [0, 0.1) is 6.92 Å². The van der Waals surface area contributed by atoms with Gasteiger partial charge in [-0.3, -0.25) is 9.78 Å². The molecule has 2 rings (SSSR count). The Morgan fingerprint density at radius 3 is 2.35 bits per heavy atom. The molecule has 1 heterocycles. The van der Waals surface area contributed by atoms with E-state index in [1.54, 1.807) is 6.92 Å². The van der Waals surface area contributed by atoms with Gasteiger partial charge in [0, 0.05) is 12.3 Å². The molecule has 20 heavy (non-hydrogen) atoms. The highest BCUT2D eigenvalue weighted by atomic mass is 16.5. The lowest BCUT2D eigenvalue weighted by Gasteiger charge is -2.12. The molecule has 0 aliphatic heterocycles. The van der Waals surface area contributed by atoms with Crippen molar-refractivity contribution in [3.63, 3.8) is 0 Å². The summed E-state index contributed by atoms with van der Waals surface area (Å²) in [5.74, 6) is 0. The smallest absolute Gasteiger partial charge is 0.325 e.